The van der Waals surface area contributed by atoms with Crippen LogP contribution in [0.2, 0.25) is 0 Å². The van der Waals surface area contributed by atoms with Crippen molar-refractivity contribution in [3.05, 3.63) is 24.3 Å². The van der Waals surface area contributed by atoms with Gasteiger partial charge in [0, 0.05) is 6.42 Å². The lowest BCUT2D eigenvalue weighted by Crippen LogP contribution is -2.50. The van der Waals surface area contributed by atoms with E-state index < -0.39 is 18.2 Å². The second-order valence-electron chi connectivity index (χ2n) is 16.0. The first-order valence-electron chi connectivity index (χ1n) is 23.1. The Morgan fingerprint density at radius 2 is 0.788 bits per heavy atom. The normalized spacial score (nSPS) is 13.7. The number of carbonyl (C=O) groups is 1. The number of nitrogens with one attached hydrogen (secondary N) is 1. The second kappa shape index (κ2) is 42.6. The maximum atomic E-state index is 12.4. The van der Waals surface area contributed by atoms with E-state index in [-0.39, 0.29) is 12.5 Å². The van der Waals surface area contributed by atoms with Gasteiger partial charge in [-0.3, -0.25) is 4.79 Å². The van der Waals surface area contributed by atoms with Gasteiger partial charge < -0.3 is 20.6 Å². The van der Waals surface area contributed by atoms with Crippen LogP contribution in [0, 0.1) is 0 Å². The summed E-state index contributed by atoms with van der Waals surface area (Å²) in [5, 5.41) is 33.5. The maximum absolute atomic E-state index is 12.4. The predicted molar refractivity (Wildman–Crippen MR) is 227 cm³/mol. The molecule has 0 radical (unpaired) electrons. The Kier molecular flexibility index (Phi) is 41.6. The van der Waals surface area contributed by atoms with Crippen LogP contribution in [0.15, 0.2) is 24.3 Å². The van der Waals surface area contributed by atoms with E-state index in [0.29, 0.717) is 12.8 Å². The zero-order valence-electron chi connectivity index (χ0n) is 35.0. The molecule has 0 aromatic heterocycles. The average Bonchev–Trinajstić information content (AvgIpc) is 3.15. The van der Waals surface area contributed by atoms with Crippen LogP contribution >= 0.6 is 0 Å². The highest BCUT2D eigenvalue weighted by molar-refractivity contribution is 5.76. The molecule has 5 heteroatoms. The van der Waals surface area contributed by atoms with Crippen molar-refractivity contribution in [2.75, 3.05) is 6.61 Å². The first kappa shape index (κ1) is 50.8. The van der Waals surface area contributed by atoms with Crippen molar-refractivity contribution in [3.8, 4) is 0 Å². The third-order valence-corrected chi connectivity index (χ3v) is 10.8. The van der Waals surface area contributed by atoms with Crippen LogP contribution in [0.1, 0.15) is 245 Å². The number of amides is 1. The highest BCUT2D eigenvalue weighted by Crippen LogP contribution is 2.16. The van der Waals surface area contributed by atoms with Gasteiger partial charge in [-0.2, -0.15) is 0 Å². The lowest BCUT2D eigenvalue weighted by atomic mass is 10.0. The van der Waals surface area contributed by atoms with E-state index in [1.165, 1.54) is 173 Å². The Bertz CT molecular complexity index is 768. The fourth-order valence-electron chi connectivity index (χ4n) is 7.18. The van der Waals surface area contributed by atoms with Gasteiger partial charge in [0.1, 0.15) is 6.10 Å². The van der Waals surface area contributed by atoms with Gasteiger partial charge in [0.05, 0.1) is 18.8 Å². The van der Waals surface area contributed by atoms with E-state index in [9.17, 15) is 20.1 Å². The van der Waals surface area contributed by atoms with Gasteiger partial charge in [0.15, 0.2) is 0 Å². The molecule has 0 heterocycles. The topological polar surface area (TPSA) is 89.8 Å². The first-order valence-corrected chi connectivity index (χ1v) is 23.1. The summed E-state index contributed by atoms with van der Waals surface area (Å²) in [5.41, 5.74) is 0. The molecular formula is C47H91NO4. The molecule has 0 aliphatic rings. The number of allylic oxidation sites excluding steroid dienone is 4. The molecule has 0 aliphatic carbocycles. The lowest BCUT2D eigenvalue weighted by molar-refractivity contribution is -0.124. The molecule has 0 aliphatic heterocycles. The average molecular weight is 734 g/mol. The highest BCUT2D eigenvalue weighted by atomic mass is 16.3. The number of rotatable bonds is 42. The minimum Gasteiger partial charge on any atom is -0.394 e. The summed E-state index contributed by atoms with van der Waals surface area (Å²) < 4.78 is 0. The molecule has 5 nitrogen and oxygen atoms in total. The molecule has 3 atom stereocenters. The number of hydrogen-bond acceptors (Lipinski definition) is 4. The molecule has 308 valence electrons. The summed E-state index contributed by atoms with van der Waals surface area (Å²) in [7, 11) is 0. The quantitative estimate of drug-likeness (QED) is 0.0371. The summed E-state index contributed by atoms with van der Waals surface area (Å²) in [5.74, 6) is -0.155. The van der Waals surface area contributed by atoms with Gasteiger partial charge in [-0.1, -0.05) is 212 Å². The Morgan fingerprint density at radius 3 is 1.17 bits per heavy atom. The molecule has 1 amide bonds. The molecule has 0 spiro atoms. The zero-order chi connectivity index (χ0) is 38.0. The van der Waals surface area contributed by atoms with Crippen LogP contribution in [0.4, 0.5) is 0 Å². The summed E-state index contributed by atoms with van der Waals surface area (Å²) in [4.78, 5) is 12.4. The van der Waals surface area contributed by atoms with Crippen LogP contribution in [0.5, 0.6) is 0 Å². The molecule has 0 rings (SSSR count). The molecule has 52 heavy (non-hydrogen) atoms. The summed E-state index contributed by atoms with van der Waals surface area (Å²) >= 11 is 0. The van der Waals surface area contributed by atoms with Crippen molar-refractivity contribution < 1.29 is 20.1 Å². The fraction of sp³-hybridized carbons (Fsp3) is 0.894. The number of aliphatic hydroxyl groups is 3. The van der Waals surface area contributed by atoms with Gasteiger partial charge in [0.25, 0.3) is 0 Å². The molecule has 4 N–H and O–H groups in total. The number of hydrogen-bond donors (Lipinski definition) is 4. The van der Waals surface area contributed by atoms with E-state index >= 15 is 0 Å². The molecule has 0 fully saturated rings. The minimum absolute atomic E-state index is 0.155. The van der Waals surface area contributed by atoms with E-state index in [1.54, 1.807) is 0 Å². The van der Waals surface area contributed by atoms with E-state index in [1.807, 2.05) is 0 Å². The largest absolute Gasteiger partial charge is 0.394 e. The Hall–Kier alpha value is -1.17. The van der Waals surface area contributed by atoms with Gasteiger partial charge in [-0.15, -0.1) is 0 Å². The number of aliphatic hydroxyl groups excluding tert-OH is 3. The summed E-state index contributed by atoms with van der Waals surface area (Å²) in [6.45, 7) is 4.18. The Balaban J connectivity index is 3.65. The van der Waals surface area contributed by atoms with Crippen LogP contribution in [-0.4, -0.2) is 46.1 Å². The second-order valence-corrected chi connectivity index (χ2v) is 16.0. The Labute approximate surface area is 324 Å². The monoisotopic (exact) mass is 734 g/mol. The first-order chi connectivity index (χ1) is 25.6. The number of carbonyl (C=O) groups excluding carboxylic acids is 1. The lowest BCUT2D eigenvalue weighted by Gasteiger charge is -2.26. The molecular weight excluding hydrogens is 643 g/mol. The minimum atomic E-state index is -1.16. The van der Waals surface area contributed by atoms with E-state index in [2.05, 4.69) is 43.5 Å². The smallest absolute Gasteiger partial charge is 0.220 e. The van der Waals surface area contributed by atoms with Crippen molar-refractivity contribution in [2.45, 2.75) is 263 Å². The maximum Gasteiger partial charge on any atom is 0.220 e. The van der Waals surface area contributed by atoms with Crippen molar-refractivity contribution in [1.82, 2.24) is 5.32 Å². The van der Waals surface area contributed by atoms with Gasteiger partial charge in [-0.25, -0.2) is 0 Å². The van der Waals surface area contributed by atoms with Gasteiger partial charge in [0.2, 0.25) is 5.91 Å². The highest BCUT2D eigenvalue weighted by Gasteiger charge is 2.26. The molecule has 0 aromatic rings. The SMILES string of the molecule is CCCCCCCCCCC/C=C/CC/C=C/CCCC(O)C(O)C(CO)NC(=O)CCCCCCCCCCCCCCCCCCCCCC. The van der Waals surface area contributed by atoms with Crippen LogP contribution < -0.4 is 5.32 Å². The van der Waals surface area contributed by atoms with Crippen molar-refractivity contribution in [2.24, 2.45) is 0 Å². The van der Waals surface area contributed by atoms with Gasteiger partial charge in [-0.05, 0) is 51.4 Å². The zero-order valence-corrected chi connectivity index (χ0v) is 35.0. The fourth-order valence-corrected chi connectivity index (χ4v) is 7.18. The predicted octanol–water partition coefficient (Wildman–Crippen LogP) is 13.4. The van der Waals surface area contributed by atoms with Gasteiger partial charge >= 0.3 is 0 Å². The van der Waals surface area contributed by atoms with Crippen molar-refractivity contribution in [1.29, 1.82) is 0 Å². The van der Waals surface area contributed by atoms with Crippen molar-refractivity contribution >= 4 is 5.91 Å². The van der Waals surface area contributed by atoms with E-state index in [4.69, 9.17) is 0 Å². The standard InChI is InChI=1S/C47H91NO4/c1-3-5-7-9-11-13-15-17-19-21-23-24-26-28-30-32-34-36-38-40-42-46(51)48-44(43-49)47(52)45(50)41-39-37-35-33-31-29-27-25-22-20-18-16-14-12-10-8-6-4-2/h25,27,33,35,44-45,47,49-50,52H,3-24,26,28-32,34,36-43H2,1-2H3,(H,48,51)/b27-25+,35-33+. The number of unbranched alkanes of at least 4 members (excludes halogenated alkanes) is 30. The molecule has 0 saturated heterocycles. The van der Waals surface area contributed by atoms with Crippen LogP contribution in [-0.2, 0) is 4.79 Å². The molecule has 3 unspecified atom stereocenters. The molecule has 0 aromatic carbocycles. The third kappa shape index (κ3) is 37.2. The summed E-state index contributed by atoms with van der Waals surface area (Å²) in [6, 6.07) is -0.828. The Morgan fingerprint density at radius 1 is 0.462 bits per heavy atom. The third-order valence-electron chi connectivity index (χ3n) is 10.8. The molecule has 0 bridgehead atoms. The van der Waals surface area contributed by atoms with Crippen LogP contribution in [0.3, 0.4) is 0 Å². The van der Waals surface area contributed by atoms with Crippen molar-refractivity contribution in [3.63, 3.8) is 0 Å². The molecule has 0 saturated carbocycles. The van der Waals surface area contributed by atoms with E-state index in [0.717, 1.165) is 44.9 Å². The summed E-state index contributed by atoms with van der Waals surface area (Å²) in [6.07, 6.45) is 51.5. The van der Waals surface area contributed by atoms with Crippen LogP contribution in [0.25, 0.3) is 0 Å².